The molecular formula is C21H20Cl2N4O3. The van der Waals surface area contributed by atoms with E-state index in [1.165, 1.54) is 0 Å². The van der Waals surface area contributed by atoms with Crippen molar-refractivity contribution in [2.45, 2.75) is 26.8 Å². The molecule has 0 bridgehead atoms. The second-order valence-corrected chi connectivity index (χ2v) is 7.37. The van der Waals surface area contributed by atoms with Crippen LogP contribution in [0.2, 0.25) is 10.0 Å². The molecule has 3 rings (SSSR count). The minimum absolute atomic E-state index is 0.171. The van der Waals surface area contributed by atoms with Crippen LogP contribution in [0.3, 0.4) is 0 Å². The van der Waals surface area contributed by atoms with Gasteiger partial charge in [-0.3, -0.25) is 4.68 Å². The zero-order valence-corrected chi connectivity index (χ0v) is 17.9. The van der Waals surface area contributed by atoms with E-state index in [1.807, 2.05) is 13.8 Å². The van der Waals surface area contributed by atoms with Gasteiger partial charge in [-0.15, -0.1) is 0 Å². The van der Waals surface area contributed by atoms with Gasteiger partial charge in [0.25, 0.3) is 0 Å². The van der Waals surface area contributed by atoms with Crippen LogP contribution in [0.4, 0.5) is 0 Å². The van der Waals surface area contributed by atoms with E-state index in [1.54, 1.807) is 53.2 Å². The summed E-state index contributed by atoms with van der Waals surface area (Å²) in [4.78, 5) is 16.8. The van der Waals surface area contributed by atoms with E-state index in [-0.39, 0.29) is 5.84 Å². The first-order valence-electron chi connectivity index (χ1n) is 9.10. The number of halogens is 2. The summed E-state index contributed by atoms with van der Waals surface area (Å²) in [6.07, 6.45) is 0.343. The van der Waals surface area contributed by atoms with Crippen LogP contribution < -0.4 is 10.5 Å². The van der Waals surface area contributed by atoms with E-state index in [2.05, 4.69) is 10.3 Å². The molecule has 0 fully saturated rings. The molecular weight excluding hydrogens is 427 g/mol. The van der Waals surface area contributed by atoms with Crippen molar-refractivity contribution >= 4 is 35.0 Å². The fourth-order valence-corrected chi connectivity index (χ4v) is 2.92. The molecule has 7 nitrogen and oxygen atoms in total. The van der Waals surface area contributed by atoms with Gasteiger partial charge in [0.05, 0.1) is 11.3 Å². The minimum atomic E-state index is -0.612. The molecule has 0 spiro atoms. The van der Waals surface area contributed by atoms with Crippen LogP contribution in [0.1, 0.15) is 28.2 Å². The highest BCUT2D eigenvalue weighted by Gasteiger charge is 2.14. The number of benzene rings is 2. The minimum Gasteiger partial charge on any atom is -0.453 e. The van der Waals surface area contributed by atoms with Crippen molar-refractivity contribution in [3.8, 4) is 11.5 Å². The fourth-order valence-electron chi connectivity index (χ4n) is 2.67. The van der Waals surface area contributed by atoms with Crippen molar-refractivity contribution in [1.82, 2.24) is 9.78 Å². The summed E-state index contributed by atoms with van der Waals surface area (Å²) in [5.74, 6) is 0.895. The van der Waals surface area contributed by atoms with Gasteiger partial charge >= 0.3 is 5.97 Å². The number of nitrogens with two attached hydrogens (primary N) is 1. The molecule has 1 aromatic heterocycles. The maximum atomic E-state index is 12.0. The highest BCUT2D eigenvalue weighted by Crippen LogP contribution is 2.29. The van der Waals surface area contributed by atoms with Crippen LogP contribution in [0, 0.1) is 13.8 Å². The average Bonchev–Trinajstić information content (AvgIpc) is 3.00. The quantitative estimate of drug-likeness (QED) is 0.235. The molecule has 0 amide bonds. The van der Waals surface area contributed by atoms with Gasteiger partial charge in [0, 0.05) is 23.0 Å². The zero-order chi connectivity index (χ0) is 21.7. The van der Waals surface area contributed by atoms with Crippen molar-refractivity contribution < 1.29 is 14.4 Å². The number of hydrogen-bond donors (Lipinski definition) is 1. The molecule has 0 aliphatic heterocycles. The van der Waals surface area contributed by atoms with Crippen molar-refractivity contribution in [2.75, 3.05) is 0 Å². The lowest BCUT2D eigenvalue weighted by molar-refractivity contribution is 0.0514. The van der Waals surface area contributed by atoms with Gasteiger partial charge in [-0.1, -0.05) is 28.4 Å². The molecule has 30 heavy (non-hydrogen) atoms. The van der Waals surface area contributed by atoms with Crippen molar-refractivity contribution in [2.24, 2.45) is 10.9 Å². The number of aryl methyl sites for hydroxylation is 2. The number of carbonyl (C=O) groups is 1. The van der Waals surface area contributed by atoms with Gasteiger partial charge in [-0.2, -0.15) is 5.10 Å². The van der Waals surface area contributed by atoms with Crippen molar-refractivity contribution in [1.29, 1.82) is 0 Å². The van der Waals surface area contributed by atoms with E-state index in [4.69, 9.17) is 38.5 Å². The maximum absolute atomic E-state index is 12.0. The van der Waals surface area contributed by atoms with Crippen molar-refractivity contribution in [3.05, 3.63) is 75.5 Å². The Morgan fingerprint density at radius 1 is 1.07 bits per heavy atom. The number of amidine groups is 1. The maximum Gasteiger partial charge on any atom is 0.365 e. The Kier molecular flexibility index (Phi) is 6.97. The van der Waals surface area contributed by atoms with Crippen LogP contribution in [-0.2, 0) is 11.4 Å². The molecule has 0 aliphatic carbocycles. The summed E-state index contributed by atoms with van der Waals surface area (Å²) >= 11 is 11.7. The topological polar surface area (TPSA) is 91.7 Å². The molecule has 2 aromatic carbocycles. The smallest absolute Gasteiger partial charge is 0.365 e. The van der Waals surface area contributed by atoms with Gasteiger partial charge in [0.2, 0.25) is 0 Å². The second kappa shape index (κ2) is 9.65. The van der Waals surface area contributed by atoms with Gasteiger partial charge in [0.15, 0.2) is 5.75 Å². The number of hydrogen-bond acceptors (Lipinski definition) is 5. The molecule has 0 saturated heterocycles. The Hall–Kier alpha value is -3.03. The normalized spacial score (nSPS) is 11.4. The van der Waals surface area contributed by atoms with Crippen LogP contribution >= 0.6 is 23.2 Å². The van der Waals surface area contributed by atoms with Gasteiger partial charge in [-0.05, 0) is 62.4 Å². The number of carbonyl (C=O) groups excluding carboxylic acids is 1. The highest BCUT2D eigenvalue weighted by atomic mass is 35.5. The van der Waals surface area contributed by atoms with E-state index in [0.29, 0.717) is 40.1 Å². The van der Waals surface area contributed by atoms with Crippen LogP contribution in [0.25, 0.3) is 0 Å². The third-order valence-corrected chi connectivity index (χ3v) is 4.76. The molecule has 2 N–H and O–H groups in total. The third-order valence-electron chi connectivity index (χ3n) is 4.25. The van der Waals surface area contributed by atoms with Crippen LogP contribution in [0.15, 0.2) is 53.7 Å². The molecule has 156 valence electrons. The number of ether oxygens (including phenoxy) is 1. The lowest BCUT2D eigenvalue weighted by Gasteiger charge is -2.07. The summed E-state index contributed by atoms with van der Waals surface area (Å²) in [6.45, 7) is 4.21. The Morgan fingerprint density at radius 3 is 2.30 bits per heavy atom. The molecule has 3 aromatic rings. The first-order chi connectivity index (χ1) is 14.3. The molecule has 1 heterocycles. The van der Waals surface area contributed by atoms with Crippen molar-refractivity contribution in [3.63, 3.8) is 0 Å². The predicted octanol–water partition coefficient (Wildman–Crippen LogP) is 5.12. The monoisotopic (exact) mass is 446 g/mol. The summed E-state index contributed by atoms with van der Waals surface area (Å²) in [5, 5.41) is 9.35. The third kappa shape index (κ3) is 5.52. The Balaban J connectivity index is 1.59. The molecule has 0 unspecified atom stereocenters. The summed E-state index contributed by atoms with van der Waals surface area (Å²) in [7, 11) is 0. The average molecular weight is 447 g/mol. The summed E-state index contributed by atoms with van der Waals surface area (Å²) in [5.41, 5.74) is 7.79. The number of rotatable bonds is 7. The van der Waals surface area contributed by atoms with E-state index in [9.17, 15) is 4.79 Å². The second-order valence-electron chi connectivity index (χ2n) is 6.50. The Morgan fingerprint density at radius 2 is 1.67 bits per heavy atom. The van der Waals surface area contributed by atoms with Gasteiger partial charge < -0.3 is 15.3 Å². The molecule has 0 saturated carbocycles. The predicted molar refractivity (Wildman–Crippen MR) is 116 cm³/mol. The SMILES string of the molecule is Cc1nn(CCC(N)=NOC(=O)c2ccc(Cl)cc2)c(C)c1Oc1ccc(Cl)cc1. The standard InChI is InChI=1S/C21H20Cl2N4O3/c1-13-20(29-18-9-7-17(23)8-10-18)14(2)27(25-13)12-11-19(24)26-30-21(28)15-3-5-16(22)6-4-15/h3-10H,11-12H2,1-2H3,(H2,24,26). The number of aromatic nitrogens is 2. The summed E-state index contributed by atoms with van der Waals surface area (Å²) < 4.78 is 7.70. The summed E-state index contributed by atoms with van der Waals surface area (Å²) in [6, 6.07) is 13.4. The van der Waals surface area contributed by atoms with Crippen LogP contribution in [-0.4, -0.2) is 21.6 Å². The highest BCUT2D eigenvalue weighted by molar-refractivity contribution is 6.30. The first-order valence-corrected chi connectivity index (χ1v) is 9.85. The number of oxime groups is 1. The molecule has 0 radical (unpaired) electrons. The lowest BCUT2D eigenvalue weighted by Crippen LogP contribution is -2.17. The van der Waals surface area contributed by atoms with E-state index >= 15 is 0 Å². The molecule has 9 heteroatoms. The first kappa shape index (κ1) is 21.7. The Bertz CT molecular complexity index is 1060. The van der Waals surface area contributed by atoms with E-state index in [0.717, 1.165) is 11.4 Å². The number of nitrogens with zero attached hydrogens (tertiary/aromatic N) is 3. The van der Waals surface area contributed by atoms with Crippen LogP contribution in [0.5, 0.6) is 11.5 Å². The lowest BCUT2D eigenvalue weighted by atomic mass is 10.2. The molecule has 0 atom stereocenters. The zero-order valence-electron chi connectivity index (χ0n) is 16.4. The van der Waals surface area contributed by atoms with Gasteiger partial charge in [-0.25, -0.2) is 4.79 Å². The molecule has 0 aliphatic rings. The fraction of sp³-hybridized carbons (Fsp3) is 0.190. The Labute approximate surface area is 184 Å². The van der Waals surface area contributed by atoms with Gasteiger partial charge in [0.1, 0.15) is 17.3 Å². The largest absolute Gasteiger partial charge is 0.453 e. The van der Waals surface area contributed by atoms with E-state index < -0.39 is 5.97 Å².